The lowest BCUT2D eigenvalue weighted by atomic mass is 9.88. The van der Waals surface area contributed by atoms with Crippen LogP contribution in [-0.2, 0) is 17.9 Å². The van der Waals surface area contributed by atoms with E-state index in [2.05, 4.69) is 60.7 Å². The number of rotatable bonds is 7. The lowest BCUT2D eigenvalue weighted by Gasteiger charge is -2.29. The zero-order chi connectivity index (χ0) is 18.4. The van der Waals surface area contributed by atoms with E-state index in [1.165, 1.54) is 36.1 Å². The molecule has 2 aromatic rings. The number of carbonyl (C=O) groups excluding carboxylic acids is 1. The van der Waals surface area contributed by atoms with E-state index in [0.29, 0.717) is 19.0 Å². The quantitative estimate of drug-likeness (QED) is 0.649. The van der Waals surface area contributed by atoms with Crippen LogP contribution in [0.1, 0.15) is 48.9 Å². The summed E-state index contributed by atoms with van der Waals surface area (Å²) in [5.74, 6) is 0.497. The van der Waals surface area contributed by atoms with Crippen LogP contribution >= 0.6 is 0 Å². The molecule has 0 unspecified atom stereocenters. The van der Waals surface area contributed by atoms with Crippen LogP contribution in [0, 0.1) is 12.8 Å². The molecule has 0 N–H and O–H groups in total. The SMILES string of the molecule is C=CCN(Cc1cccn1Cc1cccc(C)c1)C(=O)C1CCCCC1. The van der Waals surface area contributed by atoms with Gasteiger partial charge in [-0.15, -0.1) is 6.58 Å². The molecule has 0 spiro atoms. The molecule has 26 heavy (non-hydrogen) atoms. The Balaban J connectivity index is 1.72. The van der Waals surface area contributed by atoms with Gasteiger partial charge < -0.3 is 9.47 Å². The molecular formula is C23H30N2O. The van der Waals surface area contributed by atoms with Crippen LogP contribution in [0.4, 0.5) is 0 Å². The standard InChI is InChI=1S/C23H30N2O/c1-3-14-25(23(26)21-11-5-4-6-12-21)18-22-13-8-15-24(22)17-20-10-7-9-19(2)16-20/h3,7-10,13,15-16,21H,1,4-6,11-12,14,17-18H2,2H3. The summed E-state index contributed by atoms with van der Waals surface area (Å²) in [5.41, 5.74) is 3.74. The highest BCUT2D eigenvalue weighted by atomic mass is 16.2. The Kier molecular flexibility index (Phi) is 6.32. The molecule has 138 valence electrons. The number of hydrogen-bond donors (Lipinski definition) is 0. The summed E-state index contributed by atoms with van der Waals surface area (Å²) in [6, 6.07) is 12.8. The summed E-state index contributed by atoms with van der Waals surface area (Å²) < 4.78 is 2.25. The number of carbonyl (C=O) groups is 1. The molecule has 3 heteroatoms. The Morgan fingerprint density at radius 2 is 2.04 bits per heavy atom. The Labute approximate surface area is 157 Å². The molecule has 1 amide bonds. The smallest absolute Gasteiger partial charge is 0.226 e. The number of benzene rings is 1. The van der Waals surface area contributed by atoms with Crippen LogP contribution in [0.2, 0.25) is 0 Å². The first-order valence-corrected chi connectivity index (χ1v) is 9.76. The maximum absolute atomic E-state index is 13.0. The monoisotopic (exact) mass is 350 g/mol. The van der Waals surface area contributed by atoms with E-state index in [1.54, 1.807) is 0 Å². The summed E-state index contributed by atoms with van der Waals surface area (Å²) >= 11 is 0. The number of amides is 1. The summed E-state index contributed by atoms with van der Waals surface area (Å²) in [4.78, 5) is 15.0. The first-order valence-electron chi connectivity index (χ1n) is 9.76. The Hall–Kier alpha value is -2.29. The molecule has 1 aromatic heterocycles. The van der Waals surface area contributed by atoms with Gasteiger partial charge in [0.1, 0.15) is 0 Å². The van der Waals surface area contributed by atoms with E-state index in [-0.39, 0.29) is 5.92 Å². The van der Waals surface area contributed by atoms with Gasteiger partial charge in [-0.05, 0) is 37.5 Å². The number of nitrogens with zero attached hydrogens (tertiary/aromatic N) is 2. The minimum Gasteiger partial charge on any atom is -0.345 e. The maximum atomic E-state index is 13.0. The van der Waals surface area contributed by atoms with Crippen molar-refractivity contribution in [3.05, 3.63) is 72.1 Å². The van der Waals surface area contributed by atoms with Crippen molar-refractivity contribution in [2.24, 2.45) is 5.92 Å². The van der Waals surface area contributed by atoms with Gasteiger partial charge in [-0.25, -0.2) is 0 Å². The Morgan fingerprint density at radius 1 is 1.23 bits per heavy atom. The molecule has 3 nitrogen and oxygen atoms in total. The highest BCUT2D eigenvalue weighted by Gasteiger charge is 2.25. The van der Waals surface area contributed by atoms with Crippen LogP contribution in [-0.4, -0.2) is 21.9 Å². The van der Waals surface area contributed by atoms with Gasteiger partial charge in [-0.1, -0.05) is 55.2 Å². The van der Waals surface area contributed by atoms with Crippen molar-refractivity contribution in [3.63, 3.8) is 0 Å². The predicted molar refractivity (Wildman–Crippen MR) is 107 cm³/mol. The van der Waals surface area contributed by atoms with Crippen molar-refractivity contribution in [1.29, 1.82) is 0 Å². The molecular weight excluding hydrogens is 320 g/mol. The van der Waals surface area contributed by atoms with Crippen molar-refractivity contribution in [2.75, 3.05) is 6.54 Å². The van der Waals surface area contributed by atoms with E-state index in [0.717, 1.165) is 19.4 Å². The lowest BCUT2D eigenvalue weighted by molar-refractivity contribution is -0.136. The largest absolute Gasteiger partial charge is 0.345 e. The number of aromatic nitrogens is 1. The Bertz CT molecular complexity index is 740. The molecule has 0 radical (unpaired) electrons. The molecule has 0 saturated heterocycles. The third-order valence-electron chi connectivity index (χ3n) is 5.33. The highest BCUT2D eigenvalue weighted by Crippen LogP contribution is 2.26. The molecule has 1 heterocycles. The number of aryl methyl sites for hydroxylation is 1. The number of hydrogen-bond acceptors (Lipinski definition) is 1. The predicted octanol–water partition coefficient (Wildman–Crippen LogP) is 4.94. The van der Waals surface area contributed by atoms with Crippen molar-refractivity contribution in [1.82, 2.24) is 9.47 Å². The van der Waals surface area contributed by atoms with Gasteiger partial charge in [0.2, 0.25) is 5.91 Å². The van der Waals surface area contributed by atoms with Crippen molar-refractivity contribution < 1.29 is 4.79 Å². The van der Waals surface area contributed by atoms with Crippen LogP contribution in [0.25, 0.3) is 0 Å². The fourth-order valence-electron chi connectivity index (χ4n) is 3.95. The Morgan fingerprint density at radius 3 is 2.77 bits per heavy atom. The third-order valence-corrected chi connectivity index (χ3v) is 5.33. The second-order valence-corrected chi connectivity index (χ2v) is 7.46. The summed E-state index contributed by atoms with van der Waals surface area (Å²) in [6.07, 6.45) is 9.66. The van der Waals surface area contributed by atoms with Crippen LogP contribution < -0.4 is 0 Å². The summed E-state index contributed by atoms with van der Waals surface area (Å²) in [7, 11) is 0. The van der Waals surface area contributed by atoms with E-state index in [1.807, 2.05) is 11.0 Å². The highest BCUT2D eigenvalue weighted by molar-refractivity contribution is 5.79. The maximum Gasteiger partial charge on any atom is 0.226 e. The fourth-order valence-corrected chi connectivity index (χ4v) is 3.95. The average molecular weight is 351 g/mol. The zero-order valence-corrected chi connectivity index (χ0v) is 15.9. The third kappa shape index (κ3) is 4.66. The van der Waals surface area contributed by atoms with Gasteiger partial charge in [0.25, 0.3) is 0 Å². The van der Waals surface area contributed by atoms with Gasteiger partial charge in [0, 0.05) is 30.9 Å². The molecule has 1 aliphatic rings. The summed E-state index contributed by atoms with van der Waals surface area (Å²) in [5, 5.41) is 0. The molecule has 1 aliphatic carbocycles. The van der Waals surface area contributed by atoms with Crippen molar-refractivity contribution >= 4 is 5.91 Å². The van der Waals surface area contributed by atoms with E-state index < -0.39 is 0 Å². The van der Waals surface area contributed by atoms with Gasteiger partial charge >= 0.3 is 0 Å². The molecule has 1 aromatic carbocycles. The zero-order valence-electron chi connectivity index (χ0n) is 15.9. The van der Waals surface area contributed by atoms with Gasteiger partial charge in [0.15, 0.2) is 0 Å². The van der Waals surface area contributed by atoms with Gasteiger partial charge in [0.05, 0.1) is 6.54 Å². The first kappa shape index (κ1) is 18.5. The van der Waals surface area contributed by atoms with E-state index in [4.69, 9.17) is 0 Å². The molecule has 1 saturated carbocycles. The van der Waals surface area contributed by atoms with Gasteiger partial charge in [-0.3, -0.25) is 4.79 Å². The van der Waals surface area contributed by atoms with E-state index in [9.17, 15) is 4.79 Å². The topological polar surface area (TPSA) is 25.2 Å². The average Bonchev–Trinajstić information content (AvgIpc) is 3.08. The second kappa shape index (κ2) is 8.88. The van der Waals surface area contributed by atoms with Crippen molar-refractivity contribution in [2.45, 2.75) is 52.1 Å². The van der Waals surface area contributed by atoms with Gasteiger partial charge in [-0.2, -0.15) is 0 Å². The minimum absolute atomic E-state index is 0.198. The second-order valence-electron chi connectivity index (χ2n) is 7.46. The molecule has 0 aliphatic heterocycles. The van der Waals surface area contributed by atoms with Crippen LogP contribution in [0.5, 0.6) is 0 Å². The molecule has 0 atom stereocenters. The molecule has 0 bridgehead atoms. The van der Waals surface area contributed by atoms with Crippen molar-refractivity contribution in [3.8, 4) is 0 Å². The first-order chi connectivity index (χ1) is 12.7. The minimum atomic E-state index is 0.198. The normalized spacial score (nSPS) is 15.0. The van der Waals surface area contributed by atoms with Crippen LogP contribution in [0.15, 0.2) is 55.3 Å². The molecule has 3 rings (SSSR count). The molecule has 1 fully saturated rings. The van der Waals surface area contributed by atoms with Crippen LogP contribution in [0.3, 0.4) is 0 Å². The lowest BCUT2D eigenvalue weighted by Crippen LogP contribution is -2.37. The van der Waals surface area contributed by atoms with E-state index >= 15 is 0 Å². The fraction of sp³-hybridized carbons (Fsp3) is 0.435. The summed E-state index contributed by atoms with van der Waals surface area (Å²) in [6.45, 7) is 8.08.